The van der Waals surface area contributed by atoms with E-state index in [1.807, 2.05) is 12.1 Å². The van der Waals surface area contributed by atoms with E-state index < -0.39 is 16.0 Å². The highest BCUT2D eigenvalue weighted by Crippen LogP contribution is 2.18. The van der Waals surface area contributed by atoms with Crippen molar-refractivity contribution in [3.8, 4) is 0 Å². The minimum atomic E-state index is -3.60. The van der Waals surface area contributed by atoms with Gasteiger partial charge in [-0.2, -0.15) is 0 Å². The molecule has 3 rings (SSSR count). The lowest BCUT2D eigenvalue weighted by molar-refractivity contribution is 0.0600. The van der Waals surface area contributed by atoms with Gasteiger partial charge in [0.1, 0.15) is 0 Å². The van der Waals surface area contributed by atoms with Gasteiger partial charge in [0.2, 0.25) is 10.0 Å². The number of benzene rings is 2. The monoisotopic (exact) mass is 374 g/mol. The van der Waals surface area contributed by atoms with Crippen LogP contribution in [-0.4, -0.2) is 46.0 Å². The Hall–Kier alpha value is -2.22. The number of carbonyl (C=O) groups excluding carboxylic acids is 1. The van der Waals surface area contributed by atoms with Crippen LogP contribution in [0.5, 0.6) is 0 Å². The van der Waals surface area contributed by atoms with Crippen molar-refractivity contribution in [2.75, 3.05) is 26.7 Å². The van der Waals surface area contributed by atoms with Crippen molar-refractivity contribution in [2.24, 2.45) is 0 Å². The molecular weight excluding hydrogens is 352 g/mol. The van der Waals surface area contributed by atoms with E-state index >= 15 is 0 Å². The molecular formula is C19H22N2O4S. The number of nitrogens with zero attached hydrogens (tertiary/aromatic N) is 1. The molecule has 0 spiro atoms. The van der Waals surface area contributed by atoms with E-state index in [9.17, 15) is 13.2 Å². The van der Waals surface area contributed by atoms with Gasteiger partial charge in [-0.15, -0.1) is 0 Å². The third kappa shape index (κ3) is 4.30. The highest BCUT2D eigenvalue weighted by atomic mass is 32.2. The topological polar surface area (TPSA) is 75.7 Å². The van der Waals surface area contributed by atoms with Crippen LogP contribution < -0.4 is 4.72 Å². The van der Waals surface area contributed by atoms with E-state index in [1.165, 1.54) is 42.5 Å². The number of rotatable bonds is 6. The second kappa shape index (κ2) is 7.99. The first-order chi connectivity index (χ1) is 12.5. The van der Waals surface area contributed by atoms with E-state index in [2.05, 4.69) is 26.5 Å². The maximum atomic E-state index is 12.4. The van der Waals surface area contributed by atoms with Gasteiger partial charge in [0.25, 0.3) is 0 Å². The van der Waals surface area contributed by atoms with Crippen molar-refractivity contribution >= 4 is 16.0 Å². The summed E-state index contributed by atoms with van der Waals surface area (Å²) in [6.45, 7) is 2.75. The van der Waals surface area contributed by atoms with Gasteiger partial charge in [0.05, 0.1) is 17.6 Å². The molecule has 0 bridgehead atoms. The lowest BCUT2D eigenvalue weighted by Crippen LogP contribution is -2.37. The van der Waals surface area contributed by atoms with E-state index in [-0.39, 0.29) is 4.90 Å². The summed E-state index contributed by atoms with van der Waals surface area (Å²) in [7, 11) is -2.31. The first-order valence-corrected chi connectivity index (χ1v) is 9.95. The van der Waals surface area contributed by atoms with Gasteiger partial charge in [-0.1, -0.05) is 24.3 Å². The summed E-state index contributed by atoms with van der Waals surface area (Å²) < 4.78 is 32.0. The molecule has 0 aliphatic carbocycles. The van der Waals surface area contributed by atoms with Crippen LogP contribution in [0.4, 0.5) is 0 Å². The highest BCUT2D eigenvalue weighted by molar-refractivity contribution is 7.89. The quantitative estimate of drug-likeness (QED) is 0.781. The maximum Gasteiger partial charge on any atom is 0.337 e. The van der Waals surface area contributed by atoms with Crippen LogP contribution in [0.1, 0.15) is 21.5 Å². The van der Waals surface area contributed by atoms with Crippen LogP contribution in [0.2, 0.25) is 0 Å². The number of hydrogen-bond acceptors (Lipinski definition) is 5. The molecule has 0 saturated heterocycles. The van der Waals surface area contributed by atoms with E-state index in [1.54, 1.807) is 0 Å². The Bertz CT molecular complexity index is 879. The molecule has 6 nitrogen and oxygen atoms in total. The number of esters is 1. The van der Waals surface area contributed by atoms with Crippen LogP contribution in [0.15, 0.2) is 53.4 Å². The molecule has 0 unspecified atom stereocenters. The largest absolute Gasteiger partial charge is 0.465 e. The van der Waals surface area contributed by atoms with E-state index in [0.29, 0.717) is 18.7 Å². The summed E-state index contributed by atoms with van der Waals surface area (Å²) in [6.07, 6.45) is 0.984. The molecule has 2 aromatic carbocycles. The number of hydrogen-bond donors (Lipinski definition) is 1. The van der Waals surface area contributed by atoms with Gasteiger partial charge in [0, 0.05) is 26.2 Å². The number of nitrogens with one attached hydrogen (secondary N) is 1. The zero-order chi connectivity index (χ0) is 18.6. The molecule has 2 aromatic rings. The van der Waals surface area contributed by atoms with E-state index in [0.717, 1.165) is 19.5 Å². The average molecular weight is 374 g/mol. The van der Waals surface area contributed by atoms with Crippen LogP contribution in [0.3, 0.4) is 0 Å². The molecule has 0 aromatic heterocycles. The standard InChI is InChI=1S/C19H22N2O4S/c1-25-19(22)16-6-8-18(9-7-16)26(23,24)20-11-13-21-12-10-15-4-2-3-5-17(15)14-21/h2-9,20H,10-14H2,1H3. The Morgan fingerprint density at radius 3 is 2.50 bits per heavy atom. The summed E-state index contributed by atoms with van der Waals surface area (Å²) >= 11 is 0. The molecule has 1 aliphatic heterocycles. The second-order valence-corrected chi connectivity index (χ2v) is 7.98. The third-order valence-corrected chi connectivity index (χ3v) is 5.99. The Labute approximate surface area is 153 Å². The molecule has 1 N–H and O–H groups in total. The van der Waals surface area contributed by atoms with Gasteiger partial charge in [-0.05, 0) is 41.8 Å². The summed E-state index contributed by atoms with van der Waals surface area (Å²) in [5, 5.41) is 0. The van der Waals surface area contributed by atoms with Crippen molar-refractivity contribution in [3.05, 3.63) is 65.2 Å². The molecule has 0 saturated carbocycles. The Morgan fingerprint density at radius 2 is 1.81 bits per heavy atom. The molecule has 26 heavy (non-hydrogen) atoms. The van der Waals surface area contributed by atoms with Gasteiger partial charge < -0.3 is 4.74 Å². The molecule has 1 aliphatic rings. The fourth-order valence-corrected chi connectivity index (χ4v) is 4.08. The fourth-order valence-electron chi connectivity index (χ4n) is 3.05. The van der Waals surface area contributed by atoms with Crippen LogP contribution in [-0.2, 0) is 27.7 Å². The normalized spacial score (nSPS) is 14.7. The molecule has 138 valence electrons. The van der Waals surface area contributed by atoms with Crippen LogP contribution >= 0.6 is 0 Å². The molecule has 1 heterocycles. The van der Waals surface area contributed by atoms with Crippen molar-refractivity contribution in [1.82, 2.24) is 9.62 Å². The lowest BCUT2D eigenvalue weighted by Gasteiger charge is -2.28. The smallest absolute Gasteiger partial charge is 0.337 e. The predicted octanol–water partition coefficient (Wildman–Crippen LogP) is 1.81. The number of ether oxygens (including phenoxy) is 1. The SMILES string of the molecule is COC(=O)c1ccc(S(=O)(=O)NCCN2CCc3ccccc3C2)cc1. The number of carbonyl (C=O) groups is 1. The predicted molar refractivity (Wildman–Crippen MR) is 98.4 cm³/mol. The zero-order valence-corrected chi connectivity index (χ0v) is 15.5. The van der Waals surface area contributed by atoms with Gasteiger partial charge >= 0.3 is 5.97 Å². The summed E-state index contributed by atoms with van der Waals surface area (Å²) in [6, 6.07) is 14.1. The van der Waals surface area contributed by atoms with Crippen LogP contribution in [0, 0.1) is 0 Å². The average Bonchev–Trinajstić information content (AvgIpc) is 2.67. The Kier molecular flexibility index (Phi) is 5.70. The molecule has 0 atom stereocenters. The van der Waals surface area contributed by atoms with Gasteiger partial charge in [-0.25, -0.2) is 17.9 Å². The lowest BCUT2D eigenvalue weighted by atomic mass is 10.0. The molecule has 0 radical (unpaired) electrons. The summed E-state index contributed by atoms with van der Waals surface area (Å²) in [4.78, 5) is 13.8. The van der Waals surface area contributed by atoms with Crippen LogP contribution in [0.25, 0.3) is 0 Å². The van der Waals surface area contributed by atoms with Crippen molar-refractivity contribution in [1.29, 1.82) is 0 Å². The first-order valence-electron chi connectivity index (χ1n) is 8.47. The van der Waals surface area contributed by atoms with Crippen molar-refractivity contribution in [3.63, 3.8) is 0 Å². The molecule has 0 fully saturated rings. The first kappa shape index (κ1) is 18.6. The highest BCUT2D eigenvalue weighted by Gasteiger charge is 2.18. The fraction of sp³-hybridized carbons (Fsp3) is 0.316. The van der Waals surface area contributed by atoms with Gasteiger partial charge in [0.15, 0.2) is 0 Å². The van der Waals surface area contributed by atoms with Gasteiger partial charge in [-0.3, -0.25) is 4.90 Å². The van der Waals surface area contributed by atoms with Crippen molar-refractivity contribution < 1.29 is 17.9 Å². The second-order valence-electron chi connectivity index (χ2n) is 6.21. The number of methoxy groups -OCH3 is 1. The Morgan fingerprint density at radius 1 is 1.12 bits per heavy atom. The number of sulfonamides is 1. The molecule has 7 heteroatoms. The Balaban J connectivity index is 1.55. The summed E-state index contributed by atoms with van der Waals surface area (Å²) in [5.74, 6) is -0.493. The van der Waals surface area contributed by atoms with E-state index in [4.69, 9.17) is 0 Å². The van der Waals surface area contributed by atoms with Crippen molar-refractivity contribution in [2.45, 2.75) is 17.9 Å². The number of fused-ring (bicyclic) bond motifs is 1. The summed E-state index contributed by atoms with van der Waals surface area (Å²) in [5.41, 5.74) is 2.99. The minimum absolute atomic E-state index is 0.133. The zero-order valence-electron chi connectivity index (χ0n) is 14.6. The third-order valence-electron chi connectivity index (χ3n) is 4.52. The maximum absolute atomic E-state index is 12.4. The minimum Gasteiger partial charge on any atom is -0.465 e. The molecule has 0 amide bonds.